The maximum absolute atomic E-state index is 14.0. The predicted molar refractivity (Wildman–Crippen MR) is 98.7 cm³/mol. The number of nitrogens with zero attached hydrogens (tertiary/aromatic N) is 2. The molecule has 2 nitrogen and oxygen atoms in total. The Balaban J connectivity index is 1.76. The molecule has 0 heterocycles. The van der Waals surface area contributed by atoms with E-state index in [2.05, 4.69) is 22.1 Å². The van der Waals surface area contributed by atoms with Gasteiger partial charge in [-0.2, -0.15) is 10.2 Å². The molecule has 0 aliphatic rings. The molecule has 0 saturated carbocycles. The zero-order valence-corrected chi connectivity index (χ0v) is 14.8. The van der Waals surface area contributed by atoms with E-state index < -0.39 is 23.3 Å². The number of benzene rings is 3. The first-order chi connectivity index (χ1) is 13.5. The first-order valence-corrected chi connectivity index (χ1v) is 8.43. The summed E-state index contributed by atoms with van der Waals surface area (Å²) in [4.78, 5) is 0. The summed E-state index contributed by atoms with van der Waals surface area (Å²) in [6.45, 7) is 1.81. The van der Waals surface area contributed by atoms with Crippen molar-refractivity contribution in [2.24, 2.45) is 10.2 Å². The molecule has 0 unspecified atom stereocenters. The van der Waals surface area contributed by atoms with Gasteiger partial charge in [0.15, 0.2) is 11.6 Å². The van der Waals surface area contributed by atoms with E-state index in [9.17, 15) is 17.6 Å². The van der Waals surface area contributed by atoms with E-state index in [1.807, 2.05) is 6.92 Å². The second-order valence-electron chi connectivity index (χ2n) is 5.88. The molecule has 6 heteroatoms. The number of aryl methyl sites for hydroxylation is 1. The third kappa shape index (κ3) is 4.63. The van der Waals surface area contributed by atoms with Crippen LogP contribution in [-0.2, 0) is 6.42 Å². The summed E-state index contributed by atoms with van der Waals surface area (Å²) < 4.78 is 53.9. The Bertz CT molecular complexity index is 1070. The van der Waals surface area contributed by atoms with Crippen molar-refractivity contribution in [2.45, 2.75) is 13.3 Å². The van der Waals surface area contributed by atoms with Gasteiger partial charge in [0.1, 0.15) is 11.6 Å². The number of hydrogen-bond acceptors (Lipinski definition) is 2. The van der Waals surface area contributed by atoms with Gasteiger partial charge in [-0.1, -0.05) is 18.8 Å². The van der Waals surface area contributed by atoms with Gasteiger partial charge in [0.2, 0.25) is 0 Å². The number of azo groups is 1. The van der Waals surface area contributed by atoms with Gasteiger partial charge < -0.3 is 0 Å². The molecule has 0 aliphatic heterocycles. The average molecular weight is 382 g/mol. The zero-order chi connectivity index (χ0) is 20.1. The van der Waals surface area contributed by atoms with Gasteiger partial charge in [0, 0.05) is 11.6 Å². The Morgan fingerprint density at radius 2 is 1.29 bits per heavy atom. The smallest absolute Gasteiger partial charge is 0.161 e. The minimum Gasteiger partial charge on any atom is -0.206 e. The fraction of sp³-hybridized carbons (Fsp3) is 0.0909. The van der Waals surface area contributed by atoms with Crippen LogP contribution in [0, 0.1) is 35.1 Å². The van der Waals surface area contributed by atoms with Crippen LogP contribution in [0.3, 0.4) is 0 Å². The van der Waals surface area contributed by atoms with Crippen molar-refractivity contribution in [1.82, 2.24) is 0 Å². The molecule has 0 atom stereocenters. The lowest BCUT2D eigenvalue weighted by Gasteiger charge is -2.01. The lowest BCUT2D eigenvalue weighted by molar-refractivity contribution is 0.509. The summed E-state index contributed by atoms with van der Waals surface area (Å²) in [5, 5.41) is 7.75. The van der Waals surface area contributed by atoms with Crippen LogP contribution in [0.1, 0.15) is 23.6 Å². The maximum atomic E-state index is 14.0. The third-order valence-electron chi connectivity index (χ3n) is 3.89. The Hall–Kier alpha value is -3.46. The summed E-state index contributed by atoms with van der Waals surface area (Å²) in [7, 11) is 0. The van der Waals surface area contributed by atoms with Crippen molar-refractivity contribution < 1.29 is 17.6 Å². The van der Waals surface area contributed by atoms with Gasteiger partial charge in [0.05, 0.1) is 16.9 Å². The van der Waals surface area contributed by atoms with Gasteiger partial charge >= 0.3 is 0 Å². The van der Waals surface area contributed by atoms with Crippen LogP contribution in [0.15, 0.2) is 64.8 Å². The molecule has 3 rings (SSSR count). The Labute approximate surface area is 159 Å². The van der Waals surface area contributed by atoms with Crippen LogP contribution < -0.4 is 0 Å². The Morgan fingerprint density at radius 3 is 1.89 bits per heavy atom. The van der Waals surface area contributed by atoms with Crippen LogP contribution in [-0.4, -0.2) is 0 Å². The molecule has 140 valence electrons. The number of halogens is 4. The molecule has 0 aromatic heterocycles. The van der Waals surface area contributed by atoms with Crippen molar-refractivity contribution in [3.05, 3.63) is 94.6 Å². The van der Waals surface area contributed by atoms with Crippen molar-refractivity contribution in [3.8, 4) is 11.8 Å². The molecule has 28 heavy (non-hydrogen) atoms. The van der Waals surface area contributed by atoms with Gasteiger partial charge in [-0.3, -0.25) is 0 Å². The molecule has 0 bridgehead atoms. The molecular formula is C22H14F4N2. The maximum Gasteiger partial charge on any atom is 0.161 e. The van der Waals surface area contributed by atoms with E-state index in [0.717, 1.165) is 12.1 Å². The van der Waals surface area contributed by atoms with E-state index in [-0.39, 0.29) is 11.3 Å². The van der Waals surface area contributed by atoms with Crippen LogP contribution >= 0.6 is 0 Å². The van der Waals surface area contributed by atoms with Crippen LogP contribution in [0.4, 0.5) is 28.9 Å². The second kappa shape index (κ2) is 8.49. The molecule has 0 amide bonds. The molecule has 3 aromatic carbocycles. The summed E-state index contributed by atoms with van der Waals surface area (Å²) in [6.07, 6.45) is 0.530. The van der Waals surface area contributed by atoms with Crippen molar-refractivity contribution in [2.75, 3.05) is 0 Å². The Morgan fingerprint density at radius 1 is 0.679 bits per heavy atom. The van der Waals surface area contributed by atoms with Gasteiger partial charge in [-0.15, -0.1) is 0 Å². The quantitative estimate of drug-likeness (QED) is 0.276. The van der Waals surface area contributed by atoms with Crippen LogP contribution in [0.5, 0.6) is 0 Å². The first-order valence-electron chi connectivity index (χ1n) is 8.43. The highest BCUT2D eigenvalue weighted by Crippen LogP contribution is 2.21. The highest BCUT2D eigenvalue weighted by Gasteiger charge is 2.08. The summed E-state index contributed by atoms with van der Waals surface area (Å²) in [5.41, 5.74) is 1.45. The third-order valence-corrected chi connectivity index (χ3v) is 3.89. The minimum absolute atomic E-state index is 0.171. The molecule has 0 N–H and O–H groups in total. The lowest BCUT2D eigenvalue weighted by Crippen LogP contribution is -1.93. The summed E-state index contributed by atoms with van der Waals surface area (Å²) in [6, 6.07) is 12.2. The van der Waals surface area contributed by atoms with E-state index in [1.165, 1.54) is 18.2 Å². The van der Waals surface area contributed by atoms with E-state index in [0.29, 0.717) is 23.2 Å². The monoisotopic (exact) mass is 382 g/mol. The van der Waals surface area contributed by atoms with Crippen LogP contribution in [0.2, 0.25) is 0 Å². The zero-order valence-electron chi connectivity index (χ0n) is 14.8. The average Bonchev–Trinajstić information content (AvgIpc) is 2.69. The lowest BCUT2D eigenvalue weighted by atomic mass is 10.1. The predicted octanol–water partition coefficient (Wildman–Crippen LogP) is 6.62. The molecule has 0 radical (unpaired) electrons. The first kappa shape index (κ1) is 19.3. The molecule has 0 fully saturated rings. The molecular weight excluding hydrogens is 368 g/mol. The largest absolute Gasteiger partial charge is 0.206 e. The number of rotatable bonds is 3. The minimum atomic E-state index is -1.01. The summed E-state index contributed by atoms with van der Waals surface area (Å²) >= 11 is 0. The van der Waals surface area contributed by atoms with Crippen molar-refractivity contribution in [3.63, 3.8) is 0 Å². The SMILES string of the molecule is CCc1cc(F)c(C#Cc2ccc(N=Nc3ccc(F)c(F)c3)cc2)c(F)c1. The molecule has 0 aliphatic carbocycles. The van der Waals surface area contributed by atoms with Gasteiger partial charge in [-0.05, 0) is 60.5 Å². The highest BCUT2D eigenvalue weighted by molar-refractivity contribution is 5.49. The summed E-state index contributed by atoms with van der Waals surface area (Å²) in [5.74, 6) is 1.86. The number of hydrogen-bond donors (Lipinski definition) is 0. The molecule has 0 saturated heterocycles. The van der Waals surface area contributed by atoms with Crippen LogP contribution in [0.25, 0.3) is 0 Å². The van der Waals surface area contributed by atoms with Gasteiger partial charge in [-0.25, -0.2) is 17.6 Å². The molecule has 0 spiro atoms. The Kier molecular flexibility index (Phi) is 5.85. The second-order valence-corrected chi connectivity index (χ2v) is 5.88. The van der Waals surface area contributed by atoms with Crippen molar-refractivity contribution >= 4 is 11.4 Å². The topological polar surface area (TPSA) is 24.7 Å². The van der Waals surface area contributed by atoms with Gasteiger partial charge in [0.25, 0.3) is 0 Å². The normalized spacial score (nSPS) is 10.8. The van der Waals surface area contributed by atoms with E-state index >= 15 is 0 Å². The standard InChI is InChI=1S/C22H14F4N2/c1-2-14-11-20(24)18(21(25)12-14)9-5-15-3-6-16(7-4-15)27-28-17-8-10-19(23)22(26)13-17/h3-4,6-8,10-13H,2H2,1H3. The molecule has 3 aromatic rings. The fourth-order valence-corrected chi connectivity index (χ4v) is 2.36. The fourth-order valence-electron chi connectivity index (χ4n) is 2.36. The van der Waals surface area contributed by atoms with E-state index in [1.54, 1.807) is 24.3 Å². The van der Waals surface area contributed by atoms with Crippen molar-refractivity contribution in [1.29, 1.82) is 0 Å². The highest BCUT2D eigenvalue weighted by atomic mass is 19.2. The van der Waals surface area contributed by atoms with E-state index in [4.69, 9.17) is 0 Å².